The van der Waals surface area contributed by atoms with Gasteiger partial charge in [0, 0.05) is 6.42 Å². The smallest absolute Gasteiger partial charge is 0.193 e. The van der Waals surface area contributed by atoms with Gasteiger partial charge in [0.05, 0.1) is 12.4 Å². The molecule has 0 saturated heterocycles. The first-order valence-corrected chi connectivity index (χ1v) is 11.2. The van der Waals surface area contributed by atoms with Gasteiger partial charge in [-0.3, -0.25) is 0 Å². The molecule has 1 N–H and O–H groups in total. The summed E-state index contributed by atoms with van der Waals surface area (Å²) in [6, 6.07) is 10.0. The zero-order valence-electron chi connectivity index (χ0n) is 15.2. The van der Waals surface area contributed by atoms with E-state index in [0.717, 1.165) is 5.56 Å². The van der Waals surface area contributed by atoms with E-state index in [-0.39, 0.29) is 17.2 Å². The Kier molecular flexibility index (Phi) is 5.09. The fourth-order valence-corrected chi connectivity index (χ4v) is 3.82. The van der Waals surface area contributed by atoms with Gasteiger partial charge in [0.15, 0.2) is 8.32 Å². The van der Waals surface area contributed by atoms with Crippen molar-refractivity contribution >= 4 is 8.32 Å². The third-order valence-corrected chi connectivity index (χ3v) is 9.75. The van der Waals surface area contributed by atoms with Gasteiger partial charge in [0.2, 0.25) is 0 Å². The van der Waals surface area contributed by atoms with Crippen LogP contribution < -0.4 is 0 Å². The maximum Gasteiger partial charge on any atom is 0.193 e. The maximum absolute atomic E-state index is 11.4. The van der Waals surface area contributed by atoms with Crippen LogP contribution in [0.5, 0.6) is 0 Å². The first-order chi connectivity index (χ1) is 10.6. The molecule has 1 heterocycles. The van der Waals surface area contributed by atoms with E-state index in [1.165, 1.54) is 0 Å². The van der Waals surface area contributed by atoms with Gasteiger partial charge in [-0.05, 0) is 36.7 Å². The SMILES string of the molecule is C[C@@H]1OC=C[C@H](O[Si](C)(C)C(C)(C)C)[C@]1(O)Cc1ccccc1. The van der Waals surface area contributed by atoms with Crippen LogP contribution in [0.25, 0.3) is 0 Å². The molecule has 23 heavy (non-hydrogen) atoms. The van der Waals surface area contributed by atoms with Gasteiger partial charge in [-0.15, -0.1) is 0 Å². The van der Waals surface area contributed by atoms with Crippen molar-refractivity contribution in [2.75, 3.05) is 0 Å². The summed E-state index contributed by atoms with van der Waals surface area (Å²) in [7, 11) is -1.99. The number of hydrogen-bond donors (Lipinski definition) is 1. The number of rotatable bonds is 4. The molecule has 128 valence electrons. The number of ether oxygens (including phenoxy) is 1. The van der Waals surface area contributed by atoms with Crippen LogP contribution in [0.4, 0.5) is 0 Å². The summed E-state index contributed by atoms with van der Waals surface area (Å²) >= 11 is 0. The molecule has 3 nitrogen and oxygen atoms in total. The van der Waals surface area contributed by atoms with Crippen molar-refractivity contribution in [3.63, 3.8) is 0 Å². The first-order valence-electron chi connectivity index (χ1n) is 8.32. The Bertz CT molecular complexity index is 547. The van der Waals surface area contributed by atoms with Crippen molar-refractivity contribution in [2.45, 2.75) is 70.1 Å². The van der Waals surface area contributed by atoms with Crippen LogP contribution in [0.2, 0.25) is 18.1 Å². The molecule has 1 aromatic rings. The van der Waals surface area contributed by atoms with Gasteiger partial charge in [-0.2, -0.15) is 0 Å². The lowest BCUT2D eigenvalue weighted by atomic mass is 9.83. The fourth-order valence-electron chi connectivity index (χ4n) is 2.55. The molecule has 2 rings (SSSR count). The highest BCUT2D eigenvalue weighted by Gasteiger charge is 2.49. The third kappa shape index (κ3) is 3.87. The van der Waals surface area contributed by atoms with Crippen LogP contribution in [0, 0.1) is 0 Å². The van der Waals surface area contributed by atoms with Crippen LogP contribution >= 0.6 is 0 Å². The van der Waals surface area contributed by atoms with E-state index < -0.39 is 13.9 Å². The van der Waals surface area contributed by atoms with E-state index in [2.05, 4.69) is 33.9 Å². The minimum absolute atomic E-state index is 0.0933. The van der Waals surface area contributed by atoms with Gasteiger partial charge < -0.3 is 14.3 Å². The molecule has 0 saturated carbocycles. The van der Waals surface area contributed by atoms with Gasteiger partial charge >= 0.3 is 0 Å². The normalized spacial score (nSPS) is 28.5. The summed E-state index contributed by atoms with van der Waals surface area (Å²) in [5, 5.41) is 11.5. The van der Waals surface area contributed by atoms with E-state index in [1.54, 1.807) is 6.26 Å². The van der Waals surface area contributed by atoms with Gasteiger partial charge in [-0.25, -0.2) is 0 Å². The standard InChI is InChI=1S/C19H30O3Si/c1-15-19(20,14-16-10-8-7-9-11-16)17(12-13-21-15)22-23(5,6)18(2,3)4/h7-13,15,17,20H,14H2,1-6H3/t15-,17-,19-/m0/s1. The topological polar surface area (TPSA) is 38.7 Å². The lowest BCUT2D eigenvalue weighted by Crippen LogP contribution is -2.59. The molecule has 0 unspecified atom stereocenters. The van der Waals surface area contributed by atoms with E-state index in [1.807, 2.05) is 43.3 Å². The predicted molar refractivity (Wildman–Crippen MR) is 96.9 cm³/mol. The molecule has 0 fully saturated rings. The average Bonchev–Trinajstić information content (AvgIpc) is 2.44. The van der Waals surface area contributed by atoms with E-state index in [0.29, 0.717) is 6.42 Å². The second-order valence-electron chi connectivity index (χ2n) is 8.06. The van der Waals surface area contributed by atoms with E-state index in [4.69, 9.17) is 9.16 Å². The van der Waals surface area contributed by atoms with Crippen LogP contribution in [0.15, 0.2) is 42.7 Å². The molecule has 4 heteroatoms. The predicted octanol–water partition coefficient (Wildman–Crippen LogP) is 4.28. The van der Waals surface area contributed by atoms with Gasteiger partial charge in [0.25, 0.3) is 0 Å². The molecule has 0 amide bonds. The van der Waals surface area contributed by atoms with Crippen LogP contribution in [-0.2, 0) is 15.6 Å². The molecule has 1 aliphatic heterocycles. The minimum Gasteiger partial charge on any atom is -0.495 e. The molecular weight excluding hydrogens is 304 g/mol. The van der Waals surface area contributed by atoms with Crippen LogP contribution in [0.3, 0.4) is 0 Å². The molecule has 0 aromatic heterocycles. The molecule has 1 aliphatic rings. The largest absolute Gasteiger partial charge is 0.495 e. The maximum atomic E-state index is 11.4. The molecule has 0 spiro atoms. The highest BCUT2D eigenvalue weighted by Crippen LogP contribution is 2.40. The second kappa shape index (κ2) is 6.42. The monoisotopic (exact) mass is 334 g/mol. The summed E-state index contributed by atoms with van der Waals surface area (Å²) in [5.74, 6) is 0. The third-order valence-electron chi connectivity index (χ3n) is 5.29. The summed E-state index contributed by atoms with van der Waals surface area (Å²) in [6.07, 6.45) is 3.37. The van der Waals surface area contributed by atoms with E-state index in [9.17, 15) is 5.11 Å². The highest BCUT2D eigenvalue weighted by molar-refractivity contribution is 6.74. The molecule has 1 aromatic carbocycles. The molecule has 3 atom stereocenters. The van der Waals surface area contributed by atoms with Crippen LogP contribution in [-0.4, -0.2) is 31.2 Å². The summed E-state index contributed by atoms with van der Waals surface area (Å²) in [4.78, 5) is 0. The molecule has 0 radical (unpaired) electrons. The average molecular weight is 335 g/mol. The molecular formula is C19H30O3Si. The zero-order chi connectivity index (χ0) is 17.3. The lowest BCUT2D eigenvalue weighted by molar-refractivity contribution is -0.134. The van der Waals surface area contributed by atoms with Crippen molar-refractivity contribution < 1.29 is 14.3 Å². The zero-order valence-corrected chi connectivity index (χ0v) is 16.2. The molecule has 0 bridgehead atoms. The van der Waals surface area contributed by atoms with Crippen molar-refractivity contribution in [3.8, 4) is 0 Å². The van der Waals surface area contributed by atoms with Crippen molar-refractivity contribution in [1.82, 2.24) is 0 Å². The Morgan fingerprint density at radius 3 is 2.39 bits per heavy atom. The number of aliphatic hydroxyl groups is 1. The Hall–Kier alpha value is -1.10. The Morgan fingerprint density at radius 1 is 1.22 bits per heavy atom. The Morgan fingerprint density at radius 2 is 1.83 bits per heavy atom. The van der Waals surface area contributed by atoms with Crippen LogP contribution in [0.1, 0.15) is 33.3 Å². The fraction of sp³-hybridized carbons (Fsp3) is 0.579. The first kappa shape index (κ1) is 18.2. The summed E-state index contributed by atoms with van der Waals surface area (Å²) < 4.78 is 12.1. The molecule has 0 aliphatic carbocycles. The Balaban J connectivity index is 2.28. The van der Waals surface area contributed by atoms with E-state index >= 15 is 0 Å². The van der Waals surface area contributed by atoms with Crippen molar-refractivity contribution in [2.24, 2.45) is 0 Å². The summed E-state index contributed by atoms with van der Waals surface area (Å²) in [5.41, 5.74) is 0.0237. The minimum atomic E-state index is -1.99. The Labute approximate surface area is 141 Å². The van der Waals surface area contributed by atoms with Gasteiger partial charge in [-0.1, -0.05) is 51.1 Å². The second-order valence-corrected chi connectivity index (χ2v) is 12.8. The number of benzene rings is 1. The van der Waals surface area contributed by atoms with Crippen molar-refractivity contribution in [3.05, 3.63) is 48.2 Å². The summed E-state index contributed by atoms with van der Waals surface area (Å²) in [6.45, 7) is 13.0. The van der Waals surface area contributed by atoms with Crippen molar-refractivity contribution in [1.29, 1.82) is 0 Å². The lowest BCUT2D eigenvalue weighted by Gasteiger charge is -2.47. The van der Waals surface area contributed by atoms with Gasteiger partial charge in [0.1, 0.15) is 11.7 Å². The number of hydrogen-bond acceptors (Lipinski definition) is 3. The quantitative estimate of drug-likeness (QED) is 0.835. The highest BCUT2D eigenvalue weighted by atomic mass is 28.4.